The molecule has 1 saturated carbocycles. The zero-order valence-electron chi connectivity index (χ0n) is 11.5. The van der Waals surface area contributed by atoms with Gasteiger partial charge in [0.1, 0.15) is 0 Å². The first-order valence-corrected chi connectivity index (χ1v) is 7.86. The van der Waals surface area contributed by atoms with E-state index >= 15 is 0 Å². The molecule has 3 nitrogen and oxygen atoms in total. The van der Waals surface area contributed by atoms with Crippen molar-refractivity contribution in [1.82, 2.24) is 5.32 Å². The van der Waals surface area contributed by atoms with E-state index < -0.39 is 0 Å². The van der Waals surface area contributed by atoms with Crippen LogP contribution in [0, 0.1) is 0 Å². The van der Waals surface area contributed by atoms with E-state index in [1.165, 1.54) is 57.8 Å². The Bertz CT molecular complexity index is 257. The first-order chi connectivity index (χ1) is 8.86. The minimum Gasteiger partial charge on any atom is -0.377 e. The van der Waals surface area contributed by atoms with Gasteiger partial charge in [-0.1, -0.05) is 19.3 Å². The van der Waals surface area contributed by atoms with E-state index in [1.807, 2.05) is 0 Å². The Balaban J connectivity index is 1.36. The second kappa shape index (κ2) is 5.89. The molecule has 1 spiro atoms. The Morgan fingerprint density at radius 2 is 1.72 bits per heavy atom. The first-order valence-electron chi connectivity index (χ1n) is 7.86. The second-order valence-electron chi connectivity index (χ2n) is 6.32. The minimum absolute atomic E-state index is 0.272. The third kappa shape index (κ3) is 3.06. The van der Waals surface area contributed by atoms with Gasteiger partial charge >= 0.3 is 0 Å². The SMILES string of the molecule is C1CCC2(CC1)CCC(CNCC1CCCO1)O2. The number of hydrogen-bond donors (Lipinski definition) is 1. The van der Waals surface area contributed by atoms with Crippen molar-refractivity contribution in [1.29, 1.82) is 0 Å². The van der Waals surface area contributed by atoms with E-state index in [-0.39, 0.29) is 5.60 Å². The van der Waals surface area contributed by atoms with E-state index in [0.29, 0.717) is 12.2 Å². The molecule has 104 valence electrons. The highest BCUT2D eigenvalue weighted by molar-refractivity contribution is 4.91. The van der Waals surface area contributed by atoms with Gasteiger partial charge in [0, 0.05) is 19.7 Å². The molecule has 3 fully saturated rings. The predicted molar refractivity (Wildman–Crippen MR) is 71.8 cm³/mol. The lowest BCUT2D eigenvalue weighted by Crippen LogP contribution is -2.36. The summed E-state index contributed by atoms with van der Waals surface area (Å²) in [6, 6.07) is 0. The molecule has 0 aromatic carbocycles. The Labute approximate surface area is 111 Å². The topological polar surface area (TPSA) is 30.5 Å². The summed E-state index contributed by atoms with van der Waals surface area (Å²) >= 11 is 0. The molecule has 0 aromatic heterocycles. The summed E-state index contributed by atoms with van der Waals surface area (Å²) in [7, 11) is 0. The highest BCUT2D eigenvalue weighted by atomic mass is 16.5. The van der Waals surface area contributed by atoms with Crippen LogP contribution in [0.25, 0.3) is 0 Å². The molecule has 0 aromatic rings. The van der Waals surface area contributed by atoms with Crippen molar-refractivity contribution in [3.8, 4) is 0 Å². The van der Waals surface area contributed by atoms with Gasteiger partial charge in [-0.15, -0.1) is 0 Å². The fourth-order valence-electron chi connectivity index (χ4n) is 3.81. The van der Waals surface area contributed by atoms with E-state index in [1.54, 1.807) is 0 Å². The fourth-order valence-corrected chi connectivity index (χ4v) is 3.81. The van der Waals surface area contributed by atoms with Gasteiger partial charge < -0.3 is 14.8 Å². The molecule has 2 saturated heterocycles. The molecule has 2 heterocycles. The van der Waals surface area contributed by atoms with Crippen molar-refractivity contribution in [3.05, 3.63) is 0 Å². The zero-order valence-corrected chi connectivity index (χ0v) is 11.5. The third-order valence-corrected chi connectivity index (χ3v) is 4.87. The van der Waals surface area contributed by atoms with Crippen molar-refractivity contribution in [2.24, 2.45) is 0 Å². The summed E-state index contributed by atoms with van der Waals surface area (Å²) in [4.78, 5) is 0. The molecule has 18 heavy (non-hydrogen) atoms. The van der Waals surface area contributed by atoms with Crippen molar-refractivity contribution < 1.29 is 9.47 Å². The second-order valence-corrected chi connectivity index (χ2v) is 6.32. The van der Waals surface area contributed by atoms with E-state index in [0.717, 1.165) is 19.7 Å². The van der Waals surface area contributed by atoms with Crippen molar-refractivity contribution in [3.63, 3.8) is 0 Å². The third-order valence-electron chi connectivity index (χ3n) is 4.87. The minimum atomic E-state index is 0.272. The van der Waals surface area contributed by atoms with Crippen LogP contribution in [0.1, 0.15) is 57.8 Å². The number of hydrogen-bond acceptors (Lipinski definition) is 3. The van der Waals surface area contributed by atoms with Gasteiger partial charge in [-0.05, 0) is 38.5 Å². The van der Waals surface area contributed by atoms with Gasteiger partial charge in [-0.2, -0.15) is 0 Å². The lowest BCUT2D eigenvalue weighted by atomic mass is 9.83. The molecule has 2 atom stereocenters. The molecule has 1 aliphatic carbocycles. The Morgan fingerprint density at radius 3 is 2.50 bits per heavy atom. The van der Waals surface area contributed by atoms with Gasteiger partial charge in [-0.3, -0.25) is 0 Å². The van der Waals surface area contributed by atoms with Gasteiger partial charge in [0.05, 0.1) is 17.8 Å². The lowest BCUT2D eigenvalue weighted by molar-refractivity contribution is -0.0628. The smallest absolute Gasteiger partial charge is 0.0708 e. The lowest BCUT2D eigenvalue weighted by Gasteiger charge is -2.33. The predicted octanol–water partition coefficient (Wildman–Crippen LogP) is 2.64. The molecule has 0 amide bonds. The maximum Gasteiger partial charge on any atom is 0.0708 e. The fraction of sp³-hybridized carbons (Fsp3) is 1.00. The van der Waals surface area contributed by atoms with E-state index in [2.05, 4.69) is 5.32 Å². The molecule has 1 N–H and O–H groups in total. The van der Waals surface area contributed by atoms with E-state index in [9.17, 15) is 0 Å². The van der Waals surface area contributed by atoms with Gasteiger partial charge in [0.15, 0.2) is 0 Å². The van der Waals surface area contributed by atoms with E-state index in [4.69, 9.17) is 9.47 Å². The molecule has 2 aliphatic heterocycles. The Hall–Kier alpha value is -0.120. The van der Waals surface area contributed by atoms with Crippen LogP contribution < -0.4 is 5.32 Å². The van der Waals surface area contributed by atoms with Crippen LogP contribution in [0.3, 0.4) is 0 Å². The zero-order chi connectivity index (χ0) is 12.3. The summed E-state index contributed by atoms with van der Waals surface area (Å²) in [6.07, 6.45) is 12.7. The average molecular weight is 253 g/mol. The van der Waals surface area contributed by atoms with Crippen LogP contribution in [0.4, 0.5) is 0 Å². The summed E-state index contributed by atoms with van der Waals surface area (Å²) in [5.41, 5.74) is 0.272. The molecular formula is C15H27NO2. The number of rotatable bonds is 4. The highest BCUT2D eigenvalue weighted by Crippen LogP contribution is 2.41. The highest BCUT2D eigenvalue weighted by Gasteiger charge is 2.40. The van der Waals surface area contributed by atoms with Crippen LogP contribution in [-0.2, 0) is 9.47 Å². The molecule has 2 unspecified atom stereocenters. The maximum absolute atomic E-state index is 6.35. The van der Waals surface area contributed by atoms with Crippen molar-refractivity contribution >= 4 is 0 Å². The average Bonchev–Trinajstić information content (AvgIpc) is 3.02. The standard InChI is InChI=1S/C15H27NO2/c1-2-7-15(8-3-1)9-6-14(18-15)12-16-11-13-5-4-10-17-13/h13-14,16H,1-12H2. The number of ether oxygens (including phenoxy) is 2. The molecular weight excluding hydrogens is 226 g/mol. The molecule has 0 bridgehead atoms. The van der Waals surface area contributed by atoms with Crippen LogP contribution in [0.2, 0.25) is 0 Å². The van der Waals surface area contributed by atoms with Gasteiger partial charge in [0.2, 0.25) is 0 Å². The normalized spacial score (nSPS) is 35.3. The molecule has 0 radical (unpaired) electrons. The Morgan fingerprint density at radius 1 is 0.889 bits per heavy atom. The van der Waals surface area contributed by atoms with Crippen molar-refractivity contribution in [2.75, 3.05) is 19.7 Å². The number of nitrogens with one attached hydrogen (secondary N) is 1. The largest absolute Gasteiger partial charge is 0.377 e. The Kier molecular flexibility index (Phi) is 4.22. The van der Waals surface area contributed by atoms with Gasteiger partial charge in [0.25, 0.3) is 0 Å². The quantitative estimate of drug-likeness (QED) is 0.835. The van der Waals surface area contributed by atoms with Crippen LogP contribution >= 0.6 is 0 Å². The summed E-state index contributed by atoms with van der Waals surface area (Å²) in [5.74, 6) is 0. The monoisotopic (exact) mass is 253 g/mol. The molecule has 3 heteroatoms. The van der Waals surface area contributed by atoms with Gasteiger partial charge in [-0.25, -0.2) is 0 Å². The molecule has 3 rings (SSSR count). The maximum atomic E-state index is 6.35. The first kappa shape index (κ1) is 12.9. The van der Waals surface area contributed by atoms with Crippen LogP contribution in [-0.4, -0.2) is 37.5 Å². The van der Waals surface area contributed by atoms with Crippen LogP contribution in [0.15, 0.2) is 0 Å². The summed E-state index contributed by atoms with van der Waals surface area (Å²) in [5, 5.41) is 3.54. The van der Waals surface area contributed by atoms with Crippen molar-refractivity contribution in [2.45, 2.75) is 75.6 Å². The summed E-state index contributed by atoms with van der Waals surface area (Å²) in [6.45, 7) is 2.98. The summed E-state index contributed by atoms with van der Waals surface area (Å²) < 4.78 is 12.0. The van der Waals surface area contributed by atoms with Crippen LogP contribution in [0.5, 0.6) is 0 Å². The molecule has 3 aliphatic rings.